The van der Waals surface area contributed by atoms with Gasteiger partial charge in [-0.1, -0.05) is 6.92 Å². The van der Waals surface area contributed by atoms with Crippen LogP contribution >= 0.6 is 0 Å². The van der Waals surface area contributed by atoms with E-state index in [9.17, 15) is 9.18 Å². The van der Waals surface area contributed by atoms with Crippen LogP contribution in [0.5, 0.6) is 0 Å². The van der Waals surface area contributed by atoms with Crippen molar-refractivity contribution in [2.45, 2.75) is 57.7 Å². The number of carbonyl (C=O) groups is 1. The summed E-state index contributed by atoms with van der Waals surface area (Å²) in [4.78, 5) is 11.5. The van der Waals surface area contributed by atoms with Gasteiger partial charge in [-0.3, -0.25) is 0 Å². The van der Waals surface area contributed by atoms with Gasteiger partial charge in [0.1, 0.15) is 6.10 Å². The lowest BCUT2D eigenvalue weighted by Crippen LogP contribution is -2.36. The van der Waals surface area contributed by atoms with Crippen LogP contribution < -0.4 is 0 Å². The molecule has 0 aromatic heterocycles. The summed E-state index contributed by atoms with van der Waals surface area (Å²) in [5.41, 5.74) is -1.80. The second kappa shape index (κ2) is 3.76. The minimum atomic E-state index is -1.80. The molecule has 0 amide bonds. The molecule has 15 heavy (non-hydrogen) atoms. The van der Waals surface area contributed by atoms with E-state index in [2.05, 4.69) is 0 Å². The van der Waals surface area contributed by atoms with Crippen LogP contribution in [0.2, 0.25) is 0 Å². The number of alkyl halides is 1. The van der Waals surface area contributed by atoms with Crippen molar-refractivity contribution >= 4 is 5.97 Å². The first-order valence-corrected chi connectivity index (χ1v) is 5.93. The summed E-state index contributed by atoms with van der Waals surface area (Å²) < 4.78 is 18.9. The molecule has 2 saturated carbocycles. The SMILES string of the molecule is CCC(C)(F)C(=O)OC1CC2CCC1C2. The van der Waals surface area contributed by atoms with Crippen LogP contribution in [0.1, 0.15) is 46.0 Å². The fourth-order valence-corrected chi connectivity index (χ4v) is 2.74. The third kappa shape index (κ3) is 2.01. The summed E-state index contributed by atoms with van der Waals surface area (Å²) in [6.07, 6.45) is 4.73. The minimum absolute atomic E-state index is 0.00197. The zero-order valence-electron chi connectivity index (χ0n) is 9.46. The molecule has 2 fully saturated rings. The van der Waals surface area contributed by atoms with E-state index in [1.165, 1.54) is 19.8 Å². The Balaban J connectivity index is 1.90. The molecule has 4 unspecified atom stereocenters. The molecule has 4 atom stereocenters. The number of halogens is 1. The van der Waals surface area contributed by atoms with Gasteiger partial charge in [0.25, 0.3) is 0 Å². The number of ether oxygens (including phenoxy) is 1. The number of hydrogen-bond acceptors (Lipinski definition) is 2. The van der Waals surface area contributed by atoms with Crippen LogP contribution in [0, 0.1) is 11.8 Å². The van der Waals surface area contributed by atoms with Crippen LogP contribution in [-0.2, 0) is 9.53 Å². The van der Waals surface area contributed by atoms with Crippen molar-refractivity contribution in [2.24, 2.45) is 11.8 Å². The first kappa shape index (κ1) is 10.9. The molecule has 2 rings (SSSR count). The fraction of sp³-hybridized carbons (Fsp3) is 0.917. The van der Waals surface area contributed by atoms with Crippen molar-refractivity contribution < 1.29 is 13.9 Å². The summed E-state index contributed by atoms with van der Waals surface area (Å²) >= 11 is 0. The highest BCUT2D eigenvalue weighted by Crippen LogP contribution is 2.46. The molecule has 0 saturated heterocycles. The van der Waals surface area contributed by atoms with E-state index in [1.807, 2.05) is 0 Å². The Morgan fingerprint density at radius 2 is 2.20 bits per heavy atom. The normalized spacial score (nSPS) is 37.7. The van der Waals surface area contributed by atoms with Crippen molar-refractivity contribution in [2.75, 3.05) is 0 Å². The lowest BCUT2D eigenvalue weighted by atomic mass is 9.97. The van der Waals surface area contributed by atoms with Gasteiger partial charge in [0.15, 0.2) is 0 Å². The van der Waals surface area contributed by atoms with Crippen molar-refractivity contribution in [3.63, 3.8) is 0 Å². The Hall–Kier alpha value is -0.600. The molecular formula is C12H19FO2. The molecule has 0 radical (unpaired) electrons. The average Bonchev–Trinajstić information content (AvgIpc) is 2.79. The Kier molecular flexibility index (Phi) is 2.73. The minimum Gasteiger partial charge on any atom is -0.460 e. The van der Waals surface area contributed by atoms with Gasteiger partial charge in [0, 0.05) is 0 Å². The summed E-state index contributed by atoms with van der Waals surface area (Å²) in [5, 5.41) is 0. The largest absolute Gasteiger partial charge is 0.460 e. The second-order valence-electron chi connectivity index (χ2n) is 5.17. The van der Waals surface area contributed by atoms with Gasteiger partial charge in [-0.05, 0) is 50.9 Å². The highest BCUT2D eigenvalue weighted by atomic mass is 19.1. The molecule has 0 N–H and O–H groups in total. The van der Waals surface area contributed by atoms with Crippen molar-refractivity contribution in [1.82, 2.24) is 0 Å². The standard InChI is InChI=1S/C12H19FO2/c1-3-12(2,13)11(14)15-10-7-8-4-5-9(10)6-8/h8-10H,3-7H2,1-2H3. The smallest absolute Gasteiger partial charge is 0.343 e. The summed E-state index contributed by atoms with van der Waals surface area (Å²) in [6.45, 7) is 2.98. The van der Waals surface area contributed by atoms with Crippen molar-refractivity contribution in [3.8, 4) is 0 Å². The van der Waals surface area contributed by atoms with Crippen LogP contribution in [0.3, 0.4) is 0 Å². The summed E-state index contributed by atoms with van der Waals surface area (Å²) in [5.74, 6) is 0.564. The summed E-state index contributed by atoms with van der Waals surface area (Å²) in [7, 11) is 0. The molecule has 2 bridgehead atoms. The van der Waals surface area contributed by atoms with Gasteiger partial charge < -0.3 is 4.74 Å². The first-order valence-electron chi connectivity index (χ1n) is 5.93. The van der Waals surface area contributed by atoms with Crippen molar-refractivity contribution in [1.29, 1.82) is 0 Å². The molecule has 3 heteroatoms. The van der Waals surface area contributed by atoms with Gasteiger partial charge in [-0.15, -0.1) is 0 Å². The lowest BCUT2D eigenvalue weighted by molar-refractivity contribution is -0.165. The predicted molar refractivity (Wildman–Crippen MR) is 55.1 cm³/mol. The number of fused-ring (bicyclic) bond motifs is 2. The highest BCUT2D eigenvalue weighted by Gasteiger charge is 2.44. The number of esters is 1. The summed E-state index contributed by atoms with van der Waals surface area (Å²) in [6, 6.07) is 0. The first-order chi connectivity index (χ1) is 7.03. The molecule has 0 heterocycles. The lowest BCUT2D eigenvalue weighted by Gasteiger charge is -2.25. The molecule has 0 aromatic carbocycles. The number of hydrogen-bond donors (Lipinski definition) is 0. The highest BCUT2D eigenvalue weighted by molar-refractivity contribution is 5.79. The Morgan fingerprint density at radius 3 is 2.67 bits per heavy atom. The predicted octanol–water partition coefficient (Wildman–Crippen LogP) is 2.86. The molecule has 86 valence electrons. The Bertz CT molecular complexity index is 262. The van der Waals surface area contributed by atoms with E-state index >= 15 is 0 Å². The maximum Gasteiger partial charge on any atom is 0.343 e. The third-order valence-electron chi connectivity index (χ3n) is 4.02. The molecule has 0 spiro atoms. The number of rotatable bonds is 3. The van der Waals surface area contributed by atoms with E-state index in [0.717, 1.165) is 18.8 Å². The van der Waals surface area contributed by atoms with Gasteiger partial charge in [-0.2, -0.15) is 0 Å². The Morgan fingerprint density at radius 1 is 1.47 bits per heavy atom. The number of carbonyl (C=O) groups excluding carboxylic acids is 1. The monoisotopic (exact) mass is 214 g/mol. The molecule has 0 aromatic rings. The second-order valence-corrected chi connectivity index (χ2v) is 5.17. The van der Waals surface area contributed by atoms with Crippen LogP contribution in [-0.4, -0.2) is 17.7 Å². The molecule has 2 nitrogen and oxygen atoms in total. The quantitative estimate of drug-likeness (QED) is 0.675. The zero-order valence-corrected chi connectivity index (χ0v) is 9.46. The molecule has 2 aliphatic carbocycles. The van der Waals surface area contributed by atoms with Crippen LogP contribution in [0.4, 0.5) is 4.39 Å². The fourth-order valence-electron chi connectivity index (χ4n) is 2.74. The van der Waals surface area contributed by atoms with E-state index < -0.39 is 11.6 Å². The molecular weight excluding hydrogens is 195 g/mol. The van der Waals surface area contributed by atoms with Gasteiger partial charge in [-0.25, -0.2) is 9.18 Å². The topological polar surface area (TPSA) is 26.3 Å². The molecule has 0 aliphatic heterocycles. The van der Waals surface area contributed by atoms with E-state index in [4.69, 9.17) is 4.74 Å². The van der Waals surface area contributed by atoms with E-state index in [0.29, 0.717) is 5.92 Å². The maximum absolute atomic E-state index is 13.6. The average molecular weight is 214 g/mol. The van der Waals surface area contributed by atoms with Gasteiger partial charge in [0.2, 0.25) is 5.67 Å². The van der Waals surface area contributed by atoms with Gasteiger partial charge in [0.05, 0.1) is 0 Å². The zero-order chi connectivity index (χ0) is 11.1. The maximum atomic E-state index is 13.6. The van der Waals surface area contributed by atoms with Crippen LogP contribution in [0.25, 0.3) is 0 Å². The molecule has 2 aliphatic rings. The third-order valence-corrected chi connectivity index (χ3v) is 4.02. The van der Waals surface area contributed by atoms with Crippen LogP contribution in [0.15, 0.2) is 0 Å². The Labute approximate surface area is 90.2 Å². The van der Waals surface area contributed by atoms with Gasteiger partial charge >= 0.3 is 5.97 Å². The van der Waals surface area contributed by atoms with E-state index in [-0.39, 0.29) is 12.5 Å². The van der Waals surface area contributed by atoms with E-state index in [1.54, 1.807) is 6.92 Å². The van der Waals surface area contributed by atoms with Crippen molar-refractivity contribution in [3.05, 3.63) is 0 Å².